The molecule has 0 saturated carbocycles. The van der Waals surface area contributed by atoms with E-state index in [-0.39, 0.29) is 0 Å². The average Bonchev–Trinajstić information content (AvgIpc) is 2.31. The first kappa shape index (κ1) is 16.3. The minimum Gasteiger partial charge on any atom is -0.317 e. The van der Waals surface area contributed by atoms with Gasteiger partial charge in [-0.25, -0.2) is 0 Å². The molecule has 0 heterocycles. The molecule has 0 aromatic rings. The normalized spacial score (nSPS) is 10.9. The minimum atomic E-state index is 1.21. The Morgan fingerprint density at radius 2 is 1.31 bits per heavy atom. The summed E-state index contributed by atoms with van der Waals surface area (Å²) in [6, 6.07) is 0. The monoisotopic (exact) mass is 245 g/mol. The Morgan fingerprint density at radius 1 is 0.750 bits per heavy atom. The SMILES string of the molecule is CCCCCCCCCCNCCCSC. The Kier molecular flexibility index (Phi) is 15.6. The molecule has 0 atom stereocenters. The highest BCUT2D eigenvalue weighted by molar-refractivity contribution is 7.98. The zero-order chi connectivity index (χ0) is 11.9. The fourth-order valence-electron chi connectivity index (χ4n) is 1.85. The van der Waals surface area contributed by atoms with Crippen LogP contribution in [0.2, 0.25) is 0 Å². The average molecular weight is 245 g/mol. The van der Waals surface area contributed by atoms with Gasteiger partial charge in [0.1, 0.15) is 0 Å². The second-order valence-corrected chi connectivity index (χ2v) is 5.56. The van der Waals surface area contributed by atoms with Crippen LogP contribution in [-0.2, 0) is 0 Å². The molecule has 16 heavy (non-hydrogen) atoms. The van der Waals surface area contributed by atoms with Gasteiger partial charge in [0.05, 0.1) is 0 Å². The number of nitrogens with one attached hydrogen (secondary N) is 1. The molecule has 0 aliphatic rings. The van der Waals surface area contributed by atoms with Gasteiger partial charge in [-0.1, -0.05) is 51.9 Å². The molecule has 0 aliphatic heterocycles. The molecular weight excluding hydrogens is 214 g/mol. The third-order valence-corrected chi connectivity index (χ3v) is 3.61. The van der Waals surface area contributed by atoms with Crippen LogP contribution < -0.4 is 5.32 Å². The molecule has 1 N–H and O–H groups in total. The van der Waals surface area contributed by atoms with Crippen LogP contribution in [0.3, 0.4) is 0 Å². The standard InChI is InChI=1S/C14H31NS/c1-3-4-5-6-7-8-9-10-12-15-13-11-14-16-2/h15H,3-14H2,1-2H3. The molecule has 0 bridgehead atoms. The summed E-state index contributed by atoms with van der Waals surface area (Å²) in [6.45, 7) is 4.71. The van der Waals surface area contributed by atoms with Crippen LogP contribution in [0.1, 0.15) is 64.7 Å². The largest absolute Gasteiger partial charge is 0.317 e. The lowest BCUT2D eigenvalue weighted by Crippen LogP contribution is -2.17. The van der Waals surface area contributed by atoms with Crippen molar-refractivity contribution in [3.63, 3.8) is 0 Å². The van der Waals surface area contributed by atoms with Crippen molar-refractivity contribution in [3.8, 4) is 0 Å². The molecule has 0 amide bonds. The highest BCUT2D eigenvalue weighted by atomic mass is 32.2. The Balaban J connectivity index is 2.83. The molecule has 2 heteroatoms. The van der Waals surface area contributed by atoms with E-state index >= 15 is 0 Å². The topological polar surface area (TPSA) is 12.0 Å². The van der Waals surface area contributed by atoms with Crippen molar-refractivity contribution in [1.82, 2.24) is 5.32 Å². The smallest absolute Gasteiger partial charge is 0.00411 e. The molecule has 0 aromatic heterocycles. The molecule has 1 nitrogen and oxygen atoms in total. The highest BCUT2D eigenvalue weighted by Gasteiger charge is 1.91. The van der Waals surface area contributed by atoms with Crippen LogP contribution >= 0.6 is 11.8 Å². The number of hydrogen-bond acceptors (Lipinski definition) is 2. The van der Waals surface area contributed by atoms with E-state index in [9.17, 15) is 0 Å². The Hall–Kier alpha value is 0.310. The van der Waals surface area contributed by atoms with E-state index in [1.807, 2.05) is 11.8 Å². The molecule has 0 aliphatic carbocycles. The summed E-state index contributed by atoms with van der Waals surface area (Å²) in [5.74, 6) is 1.30. The molecule has 0 fully saturated rings. The van der Waals surface area contributed by atoms with Crippen molar-refractivity contribution in [2.45, 2.75) is 64.7 Å². The second-order valence-electron chi connectivity index (χ2n) is 4.57. The van der Waals surface area contributed by atoms with Crippen LogP contribution in [0.5, 0.6) is 0 Å². The summed E-state index contributed by atoms with van der Waals surface area (Å²) in [5.41, 5.74) is 0. The van der Waals surface area contributed by atoms with Gasteiger partial charge < -0.3 is 5.32 Å². The number of hydrogen-bond donors (Lipinski definition) is 1. The molecule has 0 radical (unpaired) electrons. The fourth-order valence-corrected chi connectivity index (χ4v) is 2.28. The van der Waals surface area contributed by atoms with E-state index in [4.69, 9.17) is 0 Å². The van der Waals surface area contributed by atoms with Crippen molar-refractivity contribution < 1.29 is 0 Å². The van der Waals surface area contributed by atoms with Gasteiger partial charge in [-0.05, 0) is 37.9 Å². The first-order valence-electron chi connectivity index (χ1n) is 7.11. The summed E-state index contributed by atoms with van der Waals surface area (Å²) >= 11 is 1.94. The lowest BCUT2D eigenvalue weighted by atomic mass is 10.1. The van der Waals surface area contributed by atoms with Gasteiger partial charge in [-0.2, -0.15) is 11.8 Å². The first-order chi connectivity index (χ1) is 7.91. The van der Waals surface area contributed by atoms with E-state index in [2.05, 4.69) is 18.5 Å². The molecule has 0 aromatic carbocycles. The molecular formula is C14H31NS. The summed E-state index contributed by atoms with van der Waals surface area (Å²) in [6.07, 6.45) is 14.9. The highest BCUT2D eigenvalue weighted by Crippen LogP contribution is 2.07. The Morgan fingerprint density at radius 3 is 1.94 bits per heavy atom. The maximum atomic E-state index is 3.52. The first-order valence-corrected chi connectivity index (χ1v) is 8.50. The maximum absolute atomic E-state index is 3.52. The minimum absolute atomic E-state index is 1.21. The number of thioether (sulfide) groups is 1. The molecule has 0 rings (SSSR count). The van der Waals surface area contributed by atoms with E-state index in [0.29, 0.717) is 0 Å². The predicted molar refractivity (Wildman–Crippen MR) is 78.5 cm³/mol. The summed E-state index contributed by atoms with van der Waals surface area (Å²) in [5, 5.41) is 3.52. The predicted octanol–water partition coefficient (Wildman–Crippen LogP) is 4.47. The third-order valence-electron chi connectivity index (χ3n) is 2.91. The molecule has 98 valence electrons. The lowest BCUT2D eigenvalue weighted by molar-refractivity contribution is 0.555. The van der Waals surface area contributed by atoms with Gasteiger partial charge in [-0.3, -0.25) is 0 Å². The Bertz CT molecular complexity index is 103. The van der Waals surface area contributed by atoms with Crippen molar-refractivity contribution >= 4 is 11.8 Å². The van der Waals surface area contributed by atoms with Crippen LogP contribution in [0.25, 0.3) is 0 Å². The van der Waals surface area contributed by atoms with Gasteiger partial charge in [0.25, 0.3) is 0 Å². The van der Waals surface area contributed by atoms with Gasteiger partial charge >= 0.3 is 0 Å². The maximum Gasteiger partial charge on any atom is -0.00411 e. The van der Waals surface area contributed by atoms with Crippen LogP contribution in [-0.4, -0.2) is 25.1 Å². The van der Waals surface area contributed by atoms with Gasteiger partial charge in [-0.15, -0.1) is 0 Å². The van der Waals surface area contributed by atoms with E-state index in [0.717, 1.165) is 0 Å². The summed E-state index contributed by atoms with van der Waals surface area (Å²) in [4.78, 5) is 0. The van der Waals surface area contributed by atoms with Crippen LogP contribution in [0, 0.1) is 0 Å². The third kappa shape index (κ3) is 14.3. The summed E-state index contributed by atoms with van der Waals surface area (Å²) < 4.78 is 0. The quantitative estimate of drug-likeness (QED) is 0.481. The fraction of sp³-hybridized carbons (Fsp3) is 1.00. The van der Waals surface area contributed by atoms with E-state index in [1.54, 1.807) is 0 Å². The van der Waals surface area contributed by atoms with Crippen LogP contribution in [0.4, 0.5) is 0 Å². The lowest BCUT2D eigenvalue weighted by Gasteiger charge is -2.04. The van der Waals surface area contributed by atoms with Gasteiger partial charge in [0.2, 0.25) is 0 Å². The van der Waals surface area contributed by atoms with Crippen molar-refractivity contribution in [2.24, 2.45) is 0 Å². The van der Waals surface area contributed by atoms with Crippen molar-refractivity contribution in [3.05, 3.63) is 0 Å². The Labute approximate surface area is 107 Å². The zero-order valence-corrected chi connectivity index (χ0v) is 12.2. The van der Waals surface area contributed by atoms with E-state index in [1.165, 1.54) is 76.6 Å². The second kappa shape index (κ2) is 15.3. The summed E-state index contributed by atoms with van der Waals surface area (Å²) in [7, 11) is 0. The van der Waals surface area contributed by atoms with Gasteiger partial charge in [0, 0.05) is 0 Å². The zero-order valence-electron chi connectivity index (χ0n) is 11.4. The van der Waals surface area contributed by atoms with E-state index < -0.39 is 0 Å². The molecule has 0 saturated heterocycles. The number of rotatable bonds is 13. The van der Waals surface area contributed by atoms with Crippen molar-refractivity contribution in [1.29, 1.82) is 0 Å². The molecule has 0 unspecified atom stereocenters. The van der Waals surface area contributed by atoms with Crippen LogP contribution in [0.15, 0.2) is 0 Å². The number of unbranched alkanes of at least 4 members (excludes halogenated alkanes) is 7. The molecule has 0 spiro atoms. The van der Waals surface area contributed by atoms with Gasteiger partial charge in [0.15, 0.2) is 0 Å². The van der Waals surface area contributed by atoms with Crippen molar-refractivity contribution in [2.75, 3.05) is 25.1 Å².